The number of hydrogen-bond acceptors (Lipinski definition) is 3. The number of carbonyl (C=O) groups excluding carboxylic acids is 1. The van der Waals surface area contributed by atoms with Crippen LogP contribution in [0.2, 0.25) is 0 Å². The van der Waals surface area contributed by atoms with Gasteiger partial charge in [-0.25, -0.2) is 0 Å². The number of nitrogens with one attached hydrogen (secondary N) is 3. The van der Waals surface area contributed by atoms with Crippen LogP contribution in [-0.2, 0) is 11.2 Å². The second kappa shape index (κ2) is 10.2. The van der Waals surface area contributed by atoms with E-state index < -0.39 is 0 Å². The van der Waals surface area contributed by atoms with Crippen LogP contribution in [0.4, 0.5) is 0 Å². The molecule has 124 valence electrons. The summed E-state index contributed by atoms with van der Waals surface area (Å²) in [5.74, 6) is 1.42. The Labute approximate surface area is 137 Å². The van der Waals surface area contributed by atoms with Gasteiger partial charge in [0.05, 0.1) is 0 Å². The Balaban J connectivity index is 2.18. The fourth-order valence-corrected chi connectivity index (χ4v) is 2.78. The minimum atomic E-state index is 0.0236. The molecule has 1 aromatic rings. The number of hydrogen-bond donors (Lipinski definition) is 3. The Bertz CT molecular complexity index is 457. The van der Waals surface area contributed by atoms with Gasteiger partial charge < -0.3 is 16.0 Å². The standard InChI is InChI=1S/C16H28N4OS/c1-12(2)15(21)18-7-8-19-16(17-4)20-11-13(3)10-14-6-5-9-22-14/h5-6,9,12-13H,7-8,10-11H2,1-4H3,(H,18,21)(H2,17,19,20). The largest absolute Gasteiger partial charge is 0.356 e. The molecule has 1 amide bonds. The number of guanidine groups is 1. The molecule has 0 fully saturated rings. The van der Waals surface area contributed by atoms with E-state index in [0.717, 1.165) is 18.9 Å². The molecular formula is C16H28N4OS. The minimum absolute atomic E-state index is 0.0236. The summed E-state index contributed by atoms with van der Waals surface area (Å²) < 4.78 is 0. The molecule has 0 spiro atoms. The lowest BCUT2D eigenvalue weighted by atomic mass is 10.1. The fraction of sp³-hybridized carbons (Fsp3) is 0.625. The van der Waals surface area contributed by atoms with E-state index in [9.17, 15) is 4.79 Å². The van der Waals surface area contributed by atoms with E-state index in [4.69, 9.17) is 0 Å². The van der Waals surface area contributed by atoms with Crippen molar-refractivity contribution in [2.45, 2.75) is 27.2 Å². The van der Waals surface area contributed by atoms with E-state index in [1.54, 1.807) is 18.4 Å². The highest BCUT2D eigenvalue weighted by Crippen LogP contribution is 2.13. The zero-order valence-electron chi connectivity index (χ0n) is 14.0. The molecule has 0 saturated heterocycles. The van der Waals surface area contributed by atoms with Crippen molar-refractivity contribution < 1.29 is 4.79 Å². The lowest BCUT2D eigenvalue weighted by Gasteiger charge is -2.16. The Morgan fingerprint density at radius 1 is 1.23 bits per heavy atom. The summed E-state index contributed by atoms with van der Waals surface area (Å²) >= 11 is 1.80. The number of nitrogens with zero attached hydrogens (tertiary/aromatic N) is 1. The zero-order valence-corrected chi connectivity index (χ0v) is 14.8. The van der Waals surface area contributed by atoms with Crippen LogP contribution < -0.4 is 16.0 Å². The third-order valence-electron chi connectivity index (χ3n) is 3.21. The third-order valence-corrected chi connectivity index (χ3v) is 4.11. The van der Waals surface area contributed by atoms with Gasteiger partial charge in [0.25, 0.3) is 0 Å². The van der Waals surface area contributed by atoms with Crippen molar-refractivity contribution in [2.24, 2.45) is 16.8 Å². The number of rotatable bonds is 8. The van der Waals surface area contributed by atoms with Gasteiger partial charge in [-0.05, 0) is 23.8 Å². The van der Waals surface area contributed by atoms with Crippen molar-refractivity contribution in [1.29, 1.82) is 0 Å². The quantitative estimate of drug-likeness (QED) is 0.388. The van der Waals surface area contributed by atoms with Crippen molar-refractivity contribution >= 4 is 23.2 Å². The summed E-state index contributed by atoms with van der Waals surface area (Å²) in [6.07, 6.45) is 1.08. The first kappa shape index (κ1) is 18.5. The molecule has 1 rings (SSSR count). The van der Waals surface area contributed by atoms with Crippen molar-refractivity contribution in [3.63, 3.8) is 0 Å². The molecule has 1 atom stereocenters. The van der Waals surface area contributed by atoms with Crippen LogP contribution in [-0.4, -0.2) is 38.5 Å². The molecule has 0 bridgehead atoms. The average Bonchev–Trinajstić information content (AvgIpc) is 2.98. The van der Waals surface area contributed by atoms with Crippen LogP contribution in [0, 0.1) is 11.8 Å². The second-order valence-corrected chi connectivity index (χ2v) is 6.75. The van der Waals surface area contributed by atoms with Crippen LogP contribution in [0.3, 0.4) is 0 Å². The highest BCUT2D eigenvalue weighted by atomic mass is 32.1. The summed E-state index contributed by atoms with van der Waals surface area (Å²) in [6.45, 7) is 8.13. The first-order valence-electron chi connectivity index (χ1n) is 7.77. The normalized spacial score (nSPS) is 13.0. The molecule has 0 aliphatic carbocycles. The number of carbonyl (C=O) groups is 1. The van der Waals surface area contributed by atoms with Crippen LogP contribution in [0.25, 0.3) is 0 Å². The molecular weight excluding hydrogens is 296 g/mol. The minimum Gasteiger partial charge on any atom is -0.356 e. The van der Waals surface area contributed by atoms with Gasteiger partial charge in [-0.2, -0.15) is 0 Å². The van der Waals surface area contributed by atoms with E-state index in [0.29, 0.717) is 19.0 Å². The molecule has 1 heterocycles. The van der Waals surface area contributed by atoms with E-state index in [1.165, 1.54) is 4.88 Å². The van der Waals surface area contributed by atoms with Crippen molar-refractivity contribution in [2.75, 3.05) is 26.7 Å². The smallest absolute Gasteiger partial charge is 0.222 e. The summed E-state index contributed by atoms with van der Waals surface area (Å²) in [5.41, 5.74) is 0. The maximum absolute atomic E-state index is 11.4. The monoisotopic (exact) mass is 324 g/mol. The first-order valence-corrected chi connectivity index (χ1v) is 8.65. The SMILES string of the molecule is CN=C(NCCNC(=O)C(C)C)NCC(C)Cc1cccs1. The summed E-state index contributed by atoms with van der Waals surface area (Å²) in [6, 6.07) is 4.26. The molecule has 0 aliphatic heterocycles. The number of aliphatic imine (C=N–C) groups is 1. The van der Waals surface area contributed by atoms with E-state index in [-0.39, 0.29) is 11.8 Å². The molecule has 0 aliphatic rings. The number of thiophene rings is 1. The van der Waals surface area contributed by atoms with Crippen LogP contribution in [0.1, 0.15) is 25.6 Å². The van der Waals surface area contributed by atoms with Gasteiger partial charge in [0.2, 0.25) is 5.91 Å². The summed E-state index contributed by atoms with van der Waals surface area (Å²) in [7, 11) is 1.76. The van der Waals surface area contributed by atoms with Gasteiger partial charge in [0, 0.05) is 37.5 Å². The van der Waals surface area contributed by atoms with Gasteiger partial charge in [0.15, 0.2) is 5.96 Å². The second-order valence-electron chi connectivity index (χ2n) is 5.71. The lowest BCUT2D eigenvalue weighted by molar-refractivity contribution is -0.123. The van der Waals surface area contributed by atoms with E-state index in [1.807, 2.05) is 13.8 Å². The van der Waals surface area contributed by atoms with Gasteiger partial charge in [-0.3, -0.25) is 9.79 Å². The molecule has 0 aromatic carbocycles. The maximum atomic E-state index is 11.4. The molecule has 0 saturated carbocycles. The van der Waals surface area contributed by atoms with Crippen LogP contribution >= 0.6 is 11.3 Å². The topological polar surface area (TPSA) is 65.5 Å². The lowest BCUT2D eigenvalue weighted by Crippen LogP contribution is -2.43. The Morgan fingerprint density at radius 3 is 2.55 bits per heavy atom. The van der Waals surface area contributed by atoms with Crippen LogP contribution in [0.5, 0.6) is 0 Å². The predicted octanol–water partition coefficient (Wildman–Crippen LogP) is 1.86. The Hall–Kier alpha value is -1.56. The van der Waals surface area contributed by atoms with Gasteiger partial charge in [-0.15, -0.1) is 11.3 Å². The van der Waals surface area contributed by atoms with Crippen molar-refractivity contribution in [1.82, 2.24) is 16.0 Å². The molecule has 1 unspecified atom stereocenters. The van der Waals surface area contributed by atoms with Crippen LogP contribution in [0.15, 0.2) is 22.5 Å². The summed E-state index contributed by atoms with van der Waals surface area (Å²) in [4.78, 5) is 17.0. The predicted molar refractivity (Wildman–Crippen MR) is 94.4 cm³/mol. The van der Waals surface area contributed by atoms with Gasteiger partial charge in [0.1, 0.15) is 0 Å². The van der Waals surface area contributed by atoms with Crippen molar-refractivity contribution in [3.8, 4) is 0 Å². The third kappa shape index (κ3) is 7.45. The molecule has 5 nitrogen and oxygen atoms in total. The van der Waals surface area contributed by atoms with E-state index >= 15 is 0 Å². The zero-order chi connectivity index (χ0) is 16.4. The Kier molecular flexibility index (Phi) is 8.58. The average molecular weight is 324 g/mol. The van der Waals surface area contributed by atoms with E-state index in [2.05, 4.69) is 45.4 Å². The first-order chi connectivity index (χ1) is 10.5. The molecule has 22 heavy (non-hydrogen) atoms. The highest BCUT2D eigenvalue weighted by Gasteiger charge is 2.07. The van der Waals surface area contributed by atoms with Crippen molar-refractivity contribution in [3.05, 3.63) is 22.4 Å². The maximum Gasteiger partial charge on any atom is 0.222 e. The molecule has 1 aromatic heterocycles. The highest BCUT2D eigenvalue weighted by molar-refractivity contribution is 7.09. The van der Waals surface area contributed by atoms with Gasteiger partial charge >= 0.3 is 0 Å². The fourth-order valence-electron chi connectivity index (χ4n) is 1.91. The summed E-state index contributed by atoms with van der Waals surface area (Å²) in [5, 5.41) is 11.5. The Morgan fingerprint density at radius 2 is 1.95 bits per heavy atom. The molecule has 0 radical (unpaired) electrons. The van der Waals surface area contributed by atoms with Gasteiger partial charge in [-0.1, -0.05) is 26.8 Å². The number of amides is 1. The molecule has 3 N–H and O–H groups in total. The molecule has 6 heteroatoms.